The number of nitrogens with two attached hydrogens (primary N) is 1. The Balaban J connectivity index is 0.00000121. The molecule has 2 aromatic carbocycles. The Morgan fingerprint density at radius 2 is 1.41 bits per heavy atom. The van der Waals surface area contributed by atoms with E-state index in [1.807, 2.05) is 0 Å². The molecule has 0 bridgehead atoms. The van der Waals surface area contributed by atoms with E-state index >= 15 is 0 Å². The third-order valence-corrected chi connectivity index (χ3v) is 4.23. The van der Waals surface area contributed by atoms with Crippen LogP contribution in [0.1, 0.15) is 17.5 Å². The molecule has 22 heavy (non-hydrogen) atoms. The maximum Gasteiger partial charge on any atom is 0.0291 e. The van der Waals surface area contributed by atoms with Crippen LogP contribution in [0.3, 0.4) is 0 Å². The van der Waals surface area contributed by atoms with Gasteiger partial charge in [-0.1, -0.05) is 60.7 Å². The van der Waals surface area contributed by atoms with Gasteiger partial charge in [-0.2, -0.15) is 0 Å². The van der Waals surface area contributed by atoms with Crippen LogP contribution in [0, 0.1) is 0 Å². The van der Waals surface area contributed by atoms with Gasteiger partial charge in [0.15, 0.2) is 0 Å². The van der Waals surface area contributed by atoms with Gasteiger partial charge in [-0.3, -0.25) is 4.90 Å². The first-order chi connectivity index (χ1) is 9.83. The van der Waals surface area contributed by atoms with E-state index < -0.39 is 0 Å². The fraction of sp³-hybridized carbons (Fsp3) is 0.333. The molecule has 0 radical (unpaired) electrons. The van der Waals surface area contributed by atoms with Gasteiger partial charge in [0.2, 0.25) is 0 Å². The summed E-state index contributed by atoms with van der Waals surface area (Å²) in [5, 5.41) is 0. The number of hydrogen-bond acceptors (Lipinski definition) is 2. The van der Waals surface area contributed by atoms with Crippen molar-refractivity contribution < 1.29 is 0 Å². The molecule has 0 aliphatic carbocycles. The van der Waals surface area contributed by atoms with Crippen LogP contribution in [-0.2, 0) is 13.0 Å². The Hall–Kier alpha value is -1.06. The molecular weight excluding hydrogens is 315 g/mol. The summed E-state index contributed by atoms with van der Waals surface area (Å²) in [6.07, 6.45) is 2.15. The lowest BCUT2D eigenvalue weighted by Gasteiger charge is -2.27. The van der Waals surface area contributed by atoms with Crippen LogP contribution in [0.15, 0.2) is 60.7 Å². The van der Waals surface area contributed by atoms with E-state index in [-0.39, 0.29) is 24.8 Å². The largest absolute Gasteiger partial charge is 0.326 e. The van der Waals surface area contributed by atoms with Crippen molar-refractivity contribution in [2.24, 2.45) is 5.73 Å². The molecule has 1 aliphatic rings. The molecule has 2 unspecified atom stereocenters. The molecule has 0 saturated carbocycles. The second-order valence-electron chi connectivity index (χ2n) is 5.67. The highest BCUT2D eigenvalue weighted by molar-refractivity contribution is 5.85. The Morgan fingerprint density at radius 1 is 0.864 bits per heavy atom. The highest BCUT2D eigenvalue weighted by atomic mass is 35.5. The minimum atomic E-state index is 0. The van der Waals surface area contributed by atoms with E-state index in [1.54, 1.807) is 0 Å². The maximum absolute atomic E-state index is 6.33. The van der Waals surface area contributed by atoms with Gasteiger partial charge in [0.05, 0.1) is 0 Å². The smallest absolute Gasteiger partial charge is 0.0291 e. The molecule has 4 heteroatoms. The molecule has 1 aliphatic heterocycles. The zero-order valence-corrected chi connectivity index (χ0v) is 14.2. The van der Waals surface area contributed by atoms with Crippen molar-refractivity contribution in [3.8, 4) is 0 Å². The molecule has 3 rings (SSSR count). The first kappa shape index (κ1) is 19.0. The molecule has 0 amide bonds. The fourth-order valence-corrected chi connectivity index (χ4v) is 3.09. The number of benzene rings is 2. The SMILES string of the molecule is Cl.Cl.NC1CCN(Cc2ccccc2)C1Cc1ccccc1. The predicted octanol–water partition coefficient (Wildman–Crippen LogP) is 3.67. The highest BCUT2D eigenvalue weighted by Gasteiger charge is 2.31. The highest BCUT2D eigenvalue weighted by Crippen LogP contribution is 2.22. The van der Waals surface area contributed by atoms with Crippen LogP contribution < -0.4 is 5.73 Å². The van der Waals surface area contributed by atoms with E-state index in [4.69, 9.17) is 5.73 Å². The van der Waals surface area contributed by atoms with E-state index in [0.717, 1.165) is 25.9 Å². The quantitative estimate of drug-likeness (QED) is 0.921. The van der Waals surface area contributed by atoms with Crippen molar-refractivity contribution >= 4 is 24.8 Å². The van der Waals surface area contributed by atoms with Crippen LogP contribution in [0.25, 0.3) is 0 Å². The minimum absolute atomic E-state index is 0. The average molecular weight is 339 g/mol. The lowest BCUT2D eigenvalue weighted by Crippen LogP contribution is -2.40. The van der Waals surface area contributed by atoms with Crippen molar-refractivity contribution in [2.75, 3.05) is 6.54 Å². The molecule has 120 valence electrons. The Labute approximate surface area is 145 Å². The van der Waals surface area contributed by atoms with E-state index in [2.05, 4.69) is 65.6 Å². The summed E-state index contributed by atoms with van der Waals surface area (Å²) in [6, 6.07) is 22.1. The predicted molar refractivity (Wildman–Crippen MR) is 97.9 cm³/mol. The van der Waals surface area contributed by atoms with Crippen molar-refractivity contribution in [1.29, 1.82) is 0 Å². The van der Waals surface area contributed by atoms with Gasteiger partial charge in [0, 0.05) is 25.2 Å². The van der Waals surface area contributed by atoms with E-state index in [0.29, 0.717) is 12.1 Å². The standard InChI is InChI=1S/C18H22N2.2ClH/c19-17-11-12-20(14-16-9-5-2-6-10-16)18(17)13-15-7-3-1-4-8-15;;/h1-10,17-18H,11-14,19H2;2*1H. The van der Waals surface area contributed by atoms with E-state index in [1.165, 1.54) is 11.1 Å². The van der Waals surface area contributed by atoms with Crippen LogP contribution in [-0.4, -0.2) is 23.5 Å². The average Bonchev–Trinajstić information content (AvgIpc) is 2.83. The number of likely N-dealkylation sites (tertiary alicyclic amines) is 1. The number of nitrogens with zero attached hydrogens (tertiary/aromatic N) is 1. The van der Waals surface area contributed by atoms with Gasteiger partial charge < -0.3 is 5.73 Å². The second kappa shape index (κ2) is 9.16. The molecule has 2 aromatic rings. The second-order valence-corrected chi connectivity index (χ2v) is 5.67. The molecule has 1 fully saturated rings. The summed E-state index contributed by atoms with van der Waals surface area (Å²) in [6.45, 7) is 2.11. The normalized spacial score (nSPS) is 21.0. The molecule has 2 N–H and O–H groups in total. The summed E-state index contributed by atoms with van der Waals surface area (Å²) >= 11 is 0. The third-order valence-electron chi connectivity index (χ3n) is 4.23. The Bertz CT molecular complexity index is 533. The lowest BCUT2D eigenvalue weighted by molar-refractivity contribution is 0.234. The molecule has 2 nitrogen and oxygen atoms in total. The van der Waals surface area contributed by atoms with Crippen molar-refractivity contribution in [3.63, 3.8) is 0 Å². The van der Waals surface area contributed by atoms with Crippen LogP contribution in [0.5, 0.6) is 0 Å². The number of halogens is 2. The van der Waals surface area contributed by atoms with Crippen molar-refractivity contribution in [1.82, 2.24) is 4.90 Å². The molecular formula is C18H24Cl2N2. The minimum Gasteiger partial charge on any atom is -0.326 e. The molecule has 0 spiro atoms. The topological polar surface area (TPSA) is 29.3 Å². The van der Waals surface area contributed by atoms with Crippen LogP contribution >= 0.6 is 24.8 Å². The Kier molecular flexibility index (Phi) is 7.91. The summed E-state index contributed by atoms with van der Waals surface area (Å²) in [7, 11) is 0. The zero-order chi connectivity index (χ0) is 13.8. The number of rotatable bonds is 4. The summed E-state index contributed by atoms with van der Waals surface area (Å²) in [5.41, 5.74) is 9.09. The fourth-order valence-electron chi connectivity index (χ4n) is 3.09. The van der Waals surface area contributed by atoms with Crippen LogP contribution in [0.2, 0.25) is 0 Å². The summed E-state index contributed by atoms with van der Waals surface area (Å²) in [5.74, 6) is 0. The van der Waals surface area contributed by atoms with Crippen molar-refractivity contribution in [3.05, 3.63) is 71.8 Å². The van der Waals surface area contributed by atoms with Gasteiger partial charge in [0.1, 0.15) is 0 Å². The summed E-state index contributed by atoms with van der Waals surface area (Å²) < 4.78 is 0. The maximum atomic E-state index is 6.33. The van der Waals surface area contributed by atoms with Gasteiger partial charge in [-0.15, -0.1) is 24.8 Å². The monoisotopic (exact) mass is 338 g/mol. The zero-order valence-electron chi connectivity index (χ0n) is 12.6. The lowest BCUT2D eigenvalue weighted by atomic mass is 10.0. The van der Waals surface area contributed by atoms with Gasteiger partial charge in [-0.05, 0) is 24.0 Å². The van der Waals surface area contributed by atoms with E-state index in [9.17, 15) is 0 Å². The number of hydrogen-bond donors (Lipinski definition) is 1. The van der Waals surface area contributed by atoms with Crippen molar-refractivity contribution in [2.45, 2.75) is 31.5 Å². The first-order valence-corrected chi connectivity index (χ1v) is 7.40. The molecule has 1 saturated heterocycles. The van der Waals surface area contributed by atoms with Gasteiger partial charge >= 0.3 is 0 Å². The first-order valence-electron chi connectivity index (χ1n) is 7.40. The summed E-state index contributed by atoms with van der Waals surface area (Å²) in [4.78, 5) is 2.53. The third kappa shape index (κ3) is 4.72. The molecule has 1 heterocycles. The van der Waals surface area contributed by atoms with Gasteiger partial charge in [0.25, 0.3) is 0 Å². The van der Waals surface area contributed by atoms with Crippen LogP contribution in [0.4, 0.5) is 0 Å². The molecule has 2 atom stereocenters. The van der Waals surface area contributed by atoms with Gasteiger partial charge in [-0.25, -0.2) is 0 Å². The Morgan fingerprint density at radius 3 is 2.00 bits per heavy atom. The molecule has 0 aromatic heterocycles.